The first-order valence-electron chi connectivity index (χ1n) is 10.6. The van der Waals surface area contributed by atoms with Crippen molar-refractivity contribution >= 4 is 38.2 Å². The molecule has 1 aromatic heterocycles. The summed E-state index contributed by atoms with van der Waals surface area (Å²) in [6.07, 6.45) is 1.40. The predicted molar refractivity (Wildman–Crippen MR) is 123 cm³/mol. The van der Waals surface area contributed by atoms with E-state index in [4.69, 9.17) is 9.84 Å². The summed E-state index contributed by atoms with van der Waals surface area (Å²) < 4.78 is 58.9. The van der Waals surface area contributed by atoms with Crippen LogP contribution >= 0.6 is 11.3 Å². The van der Waals surface area contributed by atoms with Crippen LogP contribution in [-0.2, 0) is 14.6 Å². The maximum absolute atomic E-state index is 14.3. The van der Waals surface area contributed by atoms with Gasteiger partial charge in [-0.1, -0.05) is 25.0 Å². The van der Waals surface area contributed by atoms with Gasteiger partial charge in [0.15, 0.2) is 32.2 Å². The minimum absolute atomic E-state index is 0.0268. The molecule has 0 spiro atoms. The number of carbonyl (C=O) groups excluding carboxylic acids is 1. The molecule has 4 rings (SSSR count). The van der Waals surface area contributed by atoms with Crippen molar-refractivity contribution in [1.82, 2.24) is 4.98 Å². The molecule has 35 heavy (non-hydrogen) atoms. The smallest absolute Gasteiger partial charge is 0.355 e. The number of benzene rings is 2. The number of carboxylic acid groups (broad SMARTS) is 1. The third-order valence-electron chi connectivity index (χ3n) is 5.58. The van der Waals surface area contributed by atoms with Crippen molar-refractivity contribution in [2.75, 3.05) is 5.32 Å². The fourth-order valence-corrected chi connectivity index (χ4v) is 6.34. The lowest BCUT2D eigenvalue weighted by atomic mass is 10.1. The summed E-state index contributed by atoms with van der Waals surface area (Å²) in [6, 6.07) is 8.08. The number of carboxylic acids is 1. The first-order chi connectivity index (χ1) is 16.6. The molecule has 1 atom stereocenters. The van der Waals surface area contributed by atoms with Gasteiger partial charge in [-0.15, -0.1) is 11.3 Å². The summed E-state index contributed by atoms with van der Waals surface area (Å²) >= 11 is 0.868. The van der Waals surface area contributed by atoms with Gasteiger partial charge in [-0.3, -0.25) is 10.1 Å². The quantitative estimate of drug-likeness (QED) is 0.443. The van der Waals surface area contributed by atoms with Gasteiger partial charge in [0.25, 0.3) is 5.91 Å². The van der Waals surface area contributed by atoms with Gasteiger partial charge < -0.3 is 9.84 Å². The van der Waals surface area contributed by atoms with Gasteiger partial charge in [0.2, 0.25) is 6.10 Å². The lowest BCUT2D eigenvalue weighted by Crippen LogP contribution is -2.26. The number of rotatable bonds is 8. The van der Waals surface area contributed by atoms with Crippen LogP contribution in [0, 0.1) is 11.6 Å². The van der Waals surface area contributed by atoms with Crippen molar-refractivity contribution in [1.29, 1.82) is 0 Å². The van der Waals surface area contributed by atoms with Crippen molar-refractivity contribution in [3.63, 3.8) is 0 Å². The minimum Gasteiger partial charge on any atom is -0.476 e. The molecule has 1 aliphatic carbocycles. The Morgan fingerprint density at radius 2 is 1.80 bits per heavy atom. The van der Waals surface area contributed by atoms with Gasteiger partial charge >= 0.3 is 5.97 Å². The van der Waals surface area contributed by atoms with Crippen LogP contribution in [0.3, 0.4) is 0 Å². The molecule has 1 amide bonds. The highest BCUT2D eigenvalue weighted by Gasteiger charge is 2.31. The number of sulfone groups is 1. The molecule has 8 nitrogen and oxygen atoms in total. The molecule has 0 saturated heterocycles. The number of anilines is 1. The predicted octanol–water partition coefficient (Wildman–Crippen LogP) is 4.59. The van der Waals surface area contributed by atoms with E-state index >= 15 is 0 Å². The fraction of sp³-hybridized carbons (Fsp3) is 0.261. The Kier molecular flexibility index (Phi) is 7.13. The van der Waals surface area contributed by atoms with Crippen LogP contribution in [0.2, 0.25) is 0 Å². The highest BCUT2D eigenvalue weighted by atomic mass is 32.2. The second-order valence-corrected chi connectivity index (χ2v) is 11.0. The molecule has 2 aromatic carbocycles. The molecular formula is C23H20F2N2O6S2. The van der Waals surface area contributed by atoms with Crippen LogP contribution in [0.4, 0.5) is 13.9 Å². The molecule has 12 heteroatoms. The van der Waals surface area contributed by atoms with Gasteiger partial charge in [-0.25, -0.2) is 27.0 Å². The maximum atomic E-state index is 14.3. The maximum Gasteiger partial charge on any atom is 0.355 e. The normalized spacial score (nSPS) is 15.0. The van der Waals surface area contributed by atoms with Crippen molar-refractivity contribution in [2.24, 2.45) is 0 Å². The minimum atomic E-state index is -3.53. The average molecular weight is 523 g/mol. The molecule has 1 unspecified atom stereocenters. The second kappa shape index (κ2) is 10.1. The van der Waals surface area contributed by atoms with E-state index < -0.39 is 50.5 Å². The molecule has 184 valence electrons. The number of aromatic carboxylic acids is 1. The molecule has 0 radical (unpaired) electrons. The molecule has 2 N–H and O–H groups in total. The molecule has 0 aliphatic heterocycles. The molecule has 1 fully saturated rings. The Hall–Kier alpha value is -3.38. The summed E-state index contributed by atoms with van der Waals surface area (Å²) in [4.78, 5) is 28.0. The van der Waals surface area contributed by atoms with Crippen LogP contribution < -0.4 is 10.1 Å². The monoisotopic (exact) mass is 522 g/mol. The third kappa shape index (κ3) is 5.49. The van der Waals surface area contributed by atoms with E-state index in [-0.39, 0.29) is 21.3 Å². The van der Waals surface area contributed by atoms with E-state index in [0.717, 1.165) is 36.3 Å². The number of amides is 1. The zero-order valence-corrected chi connectivity index (χ0v) is 19.7. The average Bonchev–Trinajstić information content (AvgIpc) is 3.52. The molecule has 1 aliphatic rings. The summed E-state index contributed by atoms with van der Waals surface area (Å²) in [6.45, 7) is 0. The second-order valence-electron chi connectivity index (χ2n) is 7.93. The topological polar surface area (TPSA) is 123 Å². The zero-order chi connectivity index (χ0) is 25.2. The molecule has 0 bridgehead atoms. The van der Waals surface area contributed by atoms with Crippen molar-refractivity contribution in [2.45, 2.75) is 41.9 Å². The zero-order valence-electron chi connectivity index (χ0n) is 18.1. The summed E-state index contributed by atoms with van der Waals surface area (Å²) in [5.41, 5.74) is -0.0690. The van der Waals surface area contributed by atoms with Gasteiger partial charge in [-0.05, 0) is 37.1 Å². The Bertz CT molecular complexity index is 1350. The van der Waals surface area contributed by atoms with Crippen molar-refractivity contribution < 1.29 is 36.6 Å². The summed E-state index contributed by atoms with van der Waals surface area (Å²) in [5, 5.41) is 12.2. The Balaban J connectivity index is 1.63. The number of aromatic nitrogens is 1. The van der Waals surface area contributed by atoms with Gasteiger partial charge in [0, 0.05) is 17.0 Å². The van der Waals surface area contributed by atoms with E-state index in [2.05, 4.69) is 10.3 Å². The third-order valence-corrected chi connectivity index (χ3v) is 8.62. The Morgan fingerprint density at radius 3 is 2.40 bits per heavy atom. The first-order valence-corrected chi connectivity index (χ1v) is 13.0. The lowest BCUT2D eigenvalue weighted by Gasteiger charge is -2.19. The highest BCUT2D eigenvalue weighted by molar-refractivity contribution is 7.92. The van der Waals surface area contributed by atoms with Gasteiger partial charge in [-0.2, -0.15) is 0 Å². The number of hydrogen-bond acceptors (Lipinski definition) is 7. The SMILES string of the molecule is O=C(O)c1csc(NC(=O)C(Oc2ccc(F)cc2F)c2ccc(S(=O)(=O)C3CCCC3)cc2)n1. The Labute approximate surface area is 203 Å². The number of ether oxygens (including phenoxy) is 1. The van der Waals surface area contributed by atoms with Crippen LogP contribution in [0.1, 0.15) is 47.8 Å². The van der Waals surface area contributed by atoms with Crippen LogP contribution in [-0.4, -0.2) is 35.6 Å². The van der Waals surface area contributed by atoms with Crippen LogP contribution in [0.5, 0.6) is 5.75 Å². The fourth-order valence-electron chi connectivity index (χ4n) is 3.79. The Morgan fingerprint density at radius 1 is 1.11 bits per heavy atom. The molecule has 3 aromatic rings. The lowest BCUT2D eigenvalue weighted by molar-refractivity contribution is -0.123. The summed E-state index contributed by atoms with van der Waals surface area (Å²) in [5.74, 6) is -4.36. The molecular weight excluding hydrogens is 502 g/mol. The van der Waals surface area contributed by atoms with E-state index in [1.165, 1.54) is 29.6 Å². The number of thiazole rings is 1. The number of carbonyl (C=O) groups is 2. The summed E-state index contributed by atoms with van der Waals surface area (Å²) in [7, 11) is -3.53. The van der Waals surface area contributed by atoms with E-state index in [1.807, 2.05) is 0 Å². The number of halogens is 2. The molecule has 1 saturated carbocycles. The van der Waals surface area contributed by atoms with Crippen molar-refractivity contribution in [3.8, 4) is 5.75 Å². The van der Waals surface area contributed by atoms with Gasteiger partial charge in [0.05, 0.1) is 10.1 Å². The highest BCUT2D eigenvalue weighted by Crippen LogP contribution is 2.32. The number of hydrogen-bond donors (Lipinski definition) is 2. The first kappa shape index (κ1) is 24.7. The van der Waals surface area contributed by atoms with Crippen molar-refractivity contribution in [3.05, 3.63) is 70.7 Å². The van der Waals surface area contributed by atoms with E-state index in [9.17, 15) is 26.8 Å². The van der Waals surface area contributed by atoms with Crippen LogP contribution in [0.15, 0.2) is 52.7 Å². The van der Waals surface area contributed by atoms with E-state index in [1.54, 1.807) is 0 Å². The van der Waals surface area contributed by atoms with Gasteiger partial charge in [0.1, 0.15) is 5.82 Å². The van der Waals surface area contributed by atoms with E-state index in [0.29, 0.717) is 18.9 Å². The largest absolute Gasteiger partial charge is 0.476 e. The van der Waals surface area contributed by atoms with Crippen LogP contribution in [0.25, 0.3) is 0 Å². The standard InChI is InChI=1S/C23H20F2N2O6S2/c24-14-7-10-19(17(25)11-14)33-20(21(28)27-23-26-18(12-34-23)22(29)30)13-5-8-16(9-6-13)35(31,32)15-3-1-2-4-15/h5-12,15,20H,1-4H2,(H,29,30)(H,26,27,28). The number of nitrogens with zero attached hydrogens (tertiary/aromatic N) is 1. The number of nitrogens with one attached hydrogen (secondary N) is 1. The molecule has 1 heterocycles.